The Bertz CT molecular complexity index is 702. The highest BCUT2D eigenvalue weighted by Gasteiger charge is 2.16. The van der Waals surface area contributed by atoms with Gasteiger partial charge >= 0.3 is 0 Å². The van der Waals surface area contributed by atoms with Gasteiger partial charge in [-0.25, -0.2) is 0 Å². The maximum absolute atomic E-state index is 12.4. The van der Waals surface area contributed by atoms with E-state index >= 15 is 0 Å². The molecule has 2 aromatic carbocycles. The average Bonchev–Trinajstić information content (AvgIpc) is 2.69. The van der Waals surface area contributed by atoms with E-state index in [1.165, 1.54) is 12.8 Å². The van der Waals surface area contributed by atoms with Gasteiger partial charge in [-0.05, 0) is 62.9 Å². The van der Waals surface area contributed by atoms with E-state index in [9.17, 15) is 4.79 Å². The van der Waals surface area contributed by atoms with Crippen LogP contribution < -0.4 is 15.4 Å². The zero-order valence-corrected chi connectivity index (χ0v) is 16.6. The molecule has 1 atom stereocenters. The molecule has 27 heavy (non-hydrogen) atoms. The summed E-state index contributed by atoms with van der Waals surface area (Å²) in [6.45, 7) is 4.16. The molecule has 0 aromatic heterocycles. The fraction of sp³-hybridized carbons (Fsp3) is 0.409. The number of ether oxygens (including phenoxy) is 1. The van der Waals surface area contributed by atoms with E-state index in [1.807, 2.05) is 61.5 Å². The number of benzene rings is 2. The molecule has 4 nitrogen and oxygen atoms in total. The minimum atomic E-state index is -0.0796. The van der Waals surface area contributed by atoms with Gasteiger partial charge in [0.15, 0.2) is 0 Å². The van der Waals surface area contributed by atoms with Gasteiger partial charge in [-0.1, -0.05) is 42.5 Å². The molecule has 0 spiro atoms. The van der Waals surface area contributed by atoms with Crippen molar-refractivity contribution in [2.75, 3.05) is 18.4 Å². The molecule has 146 valence electrons. The first-order valence-electron chi connectivity index (χ1n) is 9.53. The summed E-state index contributed by atoms with van der Waals surface area (Å²) in [6, 6.07) is 17.7. The van der Waals surface area contributed by atoms with E-state index in [0.29, 0.717) is 18.1 Å². The maximum atomic E-state index is 12.4. The minimum Gasteiger partial charge on any atom is -0.484 e. The van der Waals surface area contributed by atoms with Crippen molar-refractivity contribution in [3.8, 4) is 5.75 Å². The summed E-state index contributed by atoms with van der Waals surface area (Å²) in [4.78, 5) is 12.4. The Labute approximate surface area is 168 Å². The van der Waals surface area contributed by atoms with Gasteiger partial charge in [0.25, 0.3) is 0 Å². The zero-order valence-electron chi connectivity index (χ0n) is 15.8. The predicted molar refractivity (Wildman–Crippen MR) is 113 cm³/mol. The number of hydrogen-bond donors (Lipinski definition) is 2. The summed E-state index contributed by atoms with van der Waals surface area (Å²) < 4.78 is 6.10. The van der Waals surface area contributed by atoms with Gasteiger partial charge < -0.3 is 15.4 Å². The first kappa shape index (κ1) is 21.3. The van der Waals surface area contributed by atoms with E-state index in [0.717, 1.165) is 30.8 Å². The number of carbonyl (C=O) groups is 1. The number of para-hydroxylation sites is 2. The molecule has 1 unspecified atom stereocenters. The lowest BCUT2D eigenvalue weighted by molar-refractivity contribution is -0.116. The van der Waals surface area contributed by atoms with Crippen LogP contribution in [0.3, 0.4) is 0 Å². The lowest BCUT2D eigenvalue weighted by Crippen LogP contribution is -2.28. The van der Waals surface area contributed by atoms with Crippen LogP contribution in [0.4, 0.5) is 5.69 Å². The van der Waals surface area contributed by atoms with Crippen molar-refractivity contribution in [1.29, 1.82) is 0 Å². The van der Waals surface area contributed by atoms with Crippen LogP contribution >= 0.6 is 12.4 Å². The number of carbonyl (C=O) groups excluding carboxylic acids is 1. The van der Waals surface area contributed by atoms with Crippen molar-refractivity contribution in [3.05, 3.63) is 60.2 Å². The Kier molecular flexibility index (Phi) is 8.62. The molecule has 2 N–H and O–H groups in total. The van der Waals surface area contributed by atoms with Crippen LogP contribution in [0.1, 0.15) is 44.3 Å². The summed E-state index contributed by atoms with van der Waals surface area (Å²) in [6.07, 6.45) is 3.77. The number of piperidine rings is 1. The van der Waals surface area contributed by atoms with Crippen molar-refractivity contribution in [2.24, 2.45) is 5.92 Å². The largest absolute Gasteiger partial charge is 0.484 e. The number of rotatable bonds is 7. The van der Waals surface area contributed by atoms with E-state index in [4.69, 9.17) is 4.74 Å². The second kappa shape index (κ2) is 11.0. The van der Waals surface area contributed by atoms with Crippen LogP contribution in [-0.4, -0.2) is 19.0 Å². The number of halogens is 1. The Morgan fingerprint density at radius 2 is 1.78 bits per heavy atom. The third-order valence-electron chi connectivity index (χ3n) is 4.97. The standard InChI is InChI=1S/C22H28N2O2.ClH/c1-17(19-7-3-2-4-8-19)26-21-10-6-5-9-20(21)24-22(25)12-11-18-13-15-23-16-14-18;/h2-10,17-18,23H,11-16H2,1H3,(H,24,25);1H. The van der Waals surface area contributed by atoms with Gasteiger partial charge in [0.1, 0.15) is 11.9 Å². The normalized spacial score (nSPS) is 15.4. The quantitative estimate of drug-likeness (QED) is 0.704. The number of nitrogens with one attached hydrogen (secondary N) is 2. The van der Waals surface area contributed by atoms with Crippen molar-refractivity contribution in [2.45, 2.75) is 38.7 Å². The summed E-state index contributed by atoms with van der Waals surface area (Å²) in [5.74, 6) is 1.43. The van der Waals surface area contributed by atoms with Crippen LogP contribution in [0.15, 0.2) is 54.6 Å². The van der Waals surface area contributed by atoms with Crippen LogP contribution in [0.5, 0.6) is 5.75 Å². The maximum Gasteiger partial charge on any atom is 0.224 e. The highest BCUT2D eigenvalue weighted by Crippen LogP contribution is 2.29. The molecule has 0 bridgehead atoms. The molecule has 0 saturated carbocycles. The Hall–Kier alpha value is -2.04. The second-order valence-corrected chi connectivity index (χ2v) is 6.95. The summed E-state index contributed by atoms with van der Waals surface area (Å²) >= 11 is 0. The molecule has 5 heteroatoms. The van der Waals surface area contributed by atoms with E-state index in [1.54, 1.807) is 0 Å². The second-order valence-electron chi connectivity index (χ2n) is 6.95. The molecular weight excluding hydrogens is 360 g/mol. The number of amides is 1. The van der Waals surface area contributed by atoms with Crippen molar-refractivity contribution >= 4 is 24.0 Å². The summed E-state index contributed by atoms with van der Waals surface area (Å²) in [7, 11) is 0. The molecule has 1 saturated heterocycles. The van der Waals surface area contributed by atoms with Crippen molar-refractivity contribution in [1.82, 2.24) is 5.32 Å². The van der Waals surface area contributed by atoms with Crippen LogP contribution in [0, 0.1) is 5.92 Å². The topological polar surface area (TPSA) is 50.4 Å². The predicted octanol–water partition coefficient (Wildman–Crippen LogP) is 4.97. The average molecular weight is 389 g/mol. The van der Waals surface area contributed by atoms with Gasteiger partial charge in [-0.2, -0.15) is 0 Å². The molecule has 1 aliphatic rings. The van der Waals surface area contributed by atoms with Gasteiger partial charge in [0, 0.05) is 6.42 Å². The lowest BCUT2D eigenvalue weighted by atomic mass is 9.93. The van der Waals surface area contributed by atoms with Crippen molar-refractivity contribution in [3.63, 3.8) is 0 Å². The Morgan fingerprint density at radius 3 is 2.52 bits per heavy atom. The Morgan fingerprint density at radius 1 is 1.11 bits per heavy atom. The molecule has 0 radical (unpaired) electrons. The smallest absolute Gasteiger partial charge is 0.224 e. The van der Waals surface area contributed by atoms with Crippen LogP contribution in [0.2, 0.25) is 0 Å². The first-order chi connectivity index (χ1) is 12.7. The van der Waals surface area contributed by atoms with Gasteiger partial charge in [-0.15, -0.1) is 12.4 Å². The zero-order chi connectivity index (χ0) is 18.2. The molecule has 1 fully saturated rings. The third kappa shape index (κ3) is 6.56. The van der Waals surface area contributed by atoms with E-state index in [2.05, 4.69) is 10.6 Å². The van der Waals surface area contributed by atoms with Crippen molar-refractivity contribution < 1.29 is 9.53 Å². The molecule has 3 rings (SSSR count). The van der Waals surface area contributed by atoms with Gasteiger partial charge in [0.2, 0.25) is 5.91 Å². The highest BCUT2D eigenvalue weighted by molar-refractivity contribution is 5.92. The summed E-state index contributed by atoms with van der Waals surface area (Å²) in [5, 5.41) is 6.39. The fourth-order valence-electron chi connectivity index (χ4n) is 3.37. The van der Waals surface area contributed by atoms with Crippen LogP contribution in [-0.2, 0) is 4.79 Å². The van der Waals surface area contributed by atoms with Gasteiger partial charge in [-0.3, -0.25) is 4.79 Å². The number of anilines is 1. The third-order valence-corrected chi connectivity index (χ3v) is 4.97. The van der Waals surface area contributed by atoms with E-state index < -0.39 is 0 Å². The molecule has 0 aliphatic carbocycles. The molecule has 1 amide bonds. The monoisotopic (exact) mass is 388 g/mol. The fourth-order valence-corrected chi connectivity index (χ4v) is 3.37. The molecular formula is C22H29ClN2O2. The van der Waals surface area contributed by atoms with Crippen LogP contribution in [0.25, 0.3) is 0 Å². The van der Waals surface area contributed by atoms with Gasteiger partial charge in [0.05, 0.1) is 5.69 Å². The Balaban J connectivity index is 0.00000261. The number of hydrogen-bond acceptors (Lipinski definition) is 3. The molecule has 1 heterocycles. The highest BCUT2D eigenvalue weighted by atomic mass is 35.5. The first-order valence-corrected chi connectivity index (χ1v) is 9.53. The summed E-state index contributed by atoms with van der Waals surface area (Å²) in [5.41, 5.74) is 1.85. The van der Waals surface area contributed by atoms with E-state index in [-0.39, 0.29) is 24.4 Å². The molecule has 2 aromatic rings. The molecule has 1 aliphatic heterocycles. The minimum absolute atomic E-state index is 0. The lowest BCUT2D eigenvalue weighted by Gasteiger charge is -2.22. The SMILES string of the molecule is CC(Oc1ccccc1NC(=O)CCC1CCNCC1)c1ccccc1.Cl.